The predicted octanol–water partition coefficient (Wildman–Crippen LogP) is 0.834. The molecule has 1 aliphatic carbocycles. The van der Waals surface area contributed by atoms with E-state index in [-0.39, 0.29) is 5.91 Å². The van der Waals surface area contributed by atoms with Crippen LogP contribution in [0, 0.1) is 5.41 Å². The standard InChI is InChI=1S/C16H26N6O/c1-4-17-15(18-12-16(2)5-6-16)21-7-8-22(14(23)11-21)13-9-19-20(3)10-13/h9-10H,4-8,11-12H2,1-3H3,(H,17,18). The number of hydrogen-bond acceptors (Lipinski definition) is 3. The summed E-state index contributed by atoms with van der Waals surface area (Å²) in [5.41, 5.74) is 1.24. The monoisotopic (exact) mass is 318 g/mol. The molecule has 2 aliphatic rings. The molecule has 126 valence electrons. The Morgan fingerprint density at radius 2 is 2.22 bits per heavy atom. The molecule has 2 fully saturated rings. The van der Waals surface area contributed by atoms with Gasteiger partial charge in [0.05, 0.1) is 11.9 Å². The summed E-state index contributed by atoms with van der Waals surface area (Å²) in [4.78, 5) is 21.1. The van der Waals surface area contributed by atoms with Crippen LogP contribution in [0.15, 0.2) is 17.4 Å². The zero-order valence-electron chi connectivity index (χ0n) is 14.2. The van der Waals surface area contributed by atoms with E-state index in [0.717, 1.165) is 31.3 Å². The van der Waals surface area contributed by atoms with Gasteiger partial charge in [0, 0.05) is 39.4 Å². The molecule has 1 N–H and O–H groups in total. The lowest BCUT2D eigenvalue weighted by Crippen LogP contribution is -2.55. The van der Waals surface area contributed by atoms with Crippen LogP contribution < -0.4 is 10.2 Å². The Bertz CT molecular complexity index is 603. The number of piperazine rings is 1. The van der Waals surface area contributed by atoms with Gasteiger partial charge in [-0.25, -0.2) is 0 Å². The van der Waals surface area contributed by atoms with E-state index in [1.165, 1.54) is 12.8 Å². The number of nitrogens with zero attached hydrogens (tertiary/aromatic N) is 5. The average molecular weight is 318 g/mol. The molecule has 0 aromatic carbocycles. The van der Waals surface area contributed by atoms with Gasteiger partial charge in [0.2, 0.25) is 5.91 Å². The van der Waals surface area contributed by atoms with Gasteiger partial charge in [-0.3, -0.25) is 14.5 Å². The Kier molecular flexibility index (Phi) is 4.28. The van der Waals surface area contributed by atoms with Crippen molar-refractivity contribution in [2.45, 2.75) is 26.7 Å². The number of aliphatic imine (C=N–C) groups is 1. The van der Waals surface area contributed by atoms with Crippen molar-refractivity contribution in [1.29, 1.82) is 0 Å². The minimum Gasteiger partial charge on any atom is -0.357 e. The summed E-state index contributed by atoms with van der Waals surface area (Å²) in [5, 5.41) is 7.47. The molecule has 1 amide bonds. The summed E-state index contributed by atoms with van der Waals surface area (Å²) < 4.78 is 1.72. The third-order valence-corrected chi connectivity index (χ3v) is 4.57. The van der Waals surface area contributed by atoms with Crippen molar-refractivity contribution < 1.29 is 4.79 Å². The third kappa shape index (κ3) is 3.65. The molecule has 23 heavy (non-hydrogen) atoms. The second-order valence-electron chi connectivity index (χ2n) is 6.82. The quantitative estimate of drug-likeness (QED) is 0.660. The van der Waals surface area contributed by atoms with Crippen molar-refractivity contribution in [3.05, 3.63) is 12.4 Å². The third-order valence-electron chi connectivity index (χ3n) is 4.57. The SMILES string of the molecule is CCNC(=NCC1(C)CC1)N1CCN(c2cnn(C)c2)C(=O)C1. The van der Waals surface area contributed by atoms with Crippen LogP contribution >= 0.6 is 0 Å². The van der Waals surface area contributed by atoms with E-state index in [9.17, 15) is 4.79 Å². The van der Waals surface area contributed by atoms with Gasteiger partial charge in [0.15, 0.2) is 5.96 Å². The molecule has 0 unspecified atom stereocenters. The zero-order chi connectivity index (χ0) is 16.4. The van der Waals surface area contributed by atoms with Gasteiger partial charge in [0.1, 0.15) is 6.54 Å². The van der Waals surface area contributed by atoms with Crippen LogP contribution in [0.3, 0.4) is 0 Å². The summed E-state index contributed by atoms with van der Waals surface area (Å²) in [5.74, 6) is 0.951. The molecule has 1 aliphatic heterocycles. The first-order valence-corrected chi connectivity index (χ1v) is 8.33. The normalized spacial score (nSPS) is 20.8. The van der Waals surface area contributed by atoms with Crippen molar-refractivity contribution in [2.24, 2.45) is 17.5 Å². The molecule has 0 radical (unpaired) electrons. The van der Waals surface area contributed by atoms with Gasteiger partial charge in [-0.1, -0.05) is 6.92 Å². The van der Waals surface area contributed by atoms with E-state index in [1.54, 1.807) is 15.8 Å². The lowest BCUT2D eigenvalue weighted by Gasteiger charge is -2.35. The Morgan fingerprint density at radius 1 is 1.43 bits per heavy atom. The van der Waals surface area contributed by atoms with E-state index in [2.05, 4.69) is 29.2 Å². The maximum absolute atomic E-state index is 12.5. The molecule has 1 aromatic heterocycles. The highest BCUT2D eigenvalue weighted by Crippen LogP contribution is 2.45. The van der Waals surface area contributed by atoms with Gasteiger partial charge in [-0.05, 0) is 25.2 Å². The van der Waals surface area contributed by atoms with E-state index in [0.29, 0.717) is 18.5 Å². The number of carbonyl (C=O) groups is 1. The molecular weight excluding hydrogens is 292 g/mol. The van der Waals surface area contributed by atoms with E-state index < -0.39 is 0 Å². The van der Waals surface area contributed by atoms with Crippen LogP contribution in [0.25, 0.3) is 0 Å². The van der Waals surface area contributed by atoms with E-state index in [1.807, 2.05) is 13.2 Å². The largest absolute Gasteiger partial charge is 0.357 e. The number of aryl methyl sites for hydroxylation is 1. The molecular formula is C16H26N6O. The summed E-state index contributed by atoms with van der Waals surface area (Å²) in [6.45, 7) is 7.78. The molecule has 3 rings (SSSR count). The Hall–Kier alpha value is -2.05. The predicted molar refractivity (Wildman–Crippen MR) is 90.5 cm³/mol. The second kappa shape index (κ2) is 6.22. The number of carbonyl (C=O) groups excluding carboxylic acids is 1. The molecule has 2 heterocycles. The van der Waals surface area contributed by atoms with E-state index >= 15 is 0 Å². The van der Waals surface area contributed by atoms with Crippen LogP contribution in [-0.2, 0) is 11.8 Å². The van der Waals surface area contributed by atoms with Crippen LogP contribution in [0.1, 0.15) is 26.7 Å². The highest BCUT2D eigenvalue weighted by atomic mass is 16.2. The first-order valence-electron chi connectivity index (χ1n) is 8.33. The molecule has 1 saturated carbocycles. The van der Waals surface area contributed by atoms with Crippen LogP contribution in [-0.4, -0.2) is 59.3 Å². The first-order chi connectivity index (χ1) is 11.0. The van der Waals surface area contributed by atoms with Gasteiger partial charge in [-0.15, -0.1) is 0 Å². The molecule has 1 saturated heterocycles. The number of hydrogen-bond donors (Lipinski definition) is 1. The zero-order valence-corrected chi connectivity index (χ0v) is 14.2. The molecule has 0 bridgehead atoms. The van der Waals surface area contributed by atoms with Gasteiger partial charge < -0.3 is 15.1 Å². The fourth-order valence-corrected chi connectivity index (χ4v) is 2.74. The summed E-state index contributed by atoms with van der Waals surface area (Å²) in [7, 11) is 1.86. The Morgan fingerprint density at radius 3 is 2.78 bits per heavy atom. The average Bonchev–Trinajstić information content (AvgIpc) is 3.10. The number of nitrogens with one attached hydrogen (secondary N) is 1. The number of amides is 1. The van der Waals surface area contributed by atoms with Gasteiger partial charge >= 0.3 is 0 Å². The second-order valence-corrected chi connectivity index (χ2v) is 6.82. The Balaban J connectivity index is 1.65. The minimum absolute atomic E-state index is 0.0903. The van der Waals surface area contributed by atoms with Crippen LogP contribution in [0.2, 0.25) is 0 Å². The van der Waals surface area contributed by atoms with Crippen LogP contribution in [0.5, 0.6) is 0 Å². The number of anilines is 1. The number of guanidine groups is 1. The Labute approximate surface area is 137 Å². The summed E-state index contributed by atoms with van der Waals surface area (Å²) >= 11 is 0. The van der Waals surface area contributed by atoms with Gasteiger partial charge in [0.25, 0.3) is 0 Å². The van der Waals surface area contributed by atoms with Crippen molar-refractivity contribution >= 4 is 17.6 Å². The first kappa shape index (κ1) is 15.8. The number of rotatable bonds is 4. The van der Waals surface area contributed by atoms with Crippen molar-refractivity contribution in [3.8, 4) is 0 Å². The maximum atomic E-state index is 12.5. The maximum Gasteiger partial charge on any atom is 0.246 e. The highest BCUT2D eigenvalue weighted by Gasteiger charge is 2.37. The topological polar surface area (TPSA) is 65.8 Å². The van der Waals surface area contributed by atoms with E-state index in [4.69, 9.17) is 4.99 Å². The lowest BCUT2D eigenvalue weighted by atomic mass is 10.1. The molecule has 7 heteroatoms. The lowest BCUT2D eigenvalue weighted by molar-refractivity contribution is -0.120. The fourth-order valence-electron chi connectivity index (χ4n) is 2.74. The highest BCUT2D eigenvalue weighted by molar-refractivity contribution is 5.98. The molecule has 7 nitrogen and oxygen atoms in total. The molecule has 0 spiro atoms. The smallest absolute Gasteiger partial charge is 0.246 e. The fraction of sp³-hybridized carbons (Fsp3) is 0.688. The molecule has 0 atom stereocenters. The summed E-state index contributed by atoms with van der Waals surface area (Å²) in [6, 6.07) is 0. The minimum atomic E-state index is 0.0903. The number of aromatic nitrogens is 2. The van der Waals surface area contributed by atoms with Crippen molar-refractivity contribution in [1.82, 2.24) is 20.0 Å². The van der Waals surface area contributed by atoms with Crippen LogP contribution in [0.4, 0.5) is 5.69 Å². The van der Waals surface area contributed by atoms with Gasteiger partial charge in [-0.2, -0.15) is 5.10 Å². The van der Waals surface area contributed by atoms with Crippen molar-refractivity contribution in [3.63, 3.8) is 0 Å². The molecule has 1 aromatic rings. The van der Waals surface area contributed by atoms with Crippen molar-refractivity contribution in [2.75, 3.05) is 37.6 Å². The summed E-state index contributed by atoms with van der Waals surface area (Å²) in [6.07, 6.45) is 6.12.